The number of methoxy groups -OCH3 is 1. The van der Waals surface area contributed by atoms with Crippen molar-refractivity contribution in [3.8, 4) is 5.75 Å². The van der Waals surface area contributed by atoms with Crippen LogP contribution in [0.4, 0.5) is 0 Å². The second-order valence-corrected chi connectivity index (χ2v) is 9.65. The number of hydrogen-bond donors (Lipinski definition) is 1. The van der Waals surface area contributed by atoms with Gasteiger partial charge in [0, 0.05) is 43.1 Å². The van der Waals surface area contributed by atoms with Crippen LogP contribution in [0.3, 0.4) is 0 Å². The molecule has 36 heavy (non-hydrogen) atoms. The van der Waals surface area contributed by atoms with Crippen molar-refractivity contribution in [2.45, 2.75) is 57.8 Å². The normalized spacial score (nSPS) is 19.7. The number of benzene rings is 2. The molecule has 3 amide bonds. The zero-order valence-corrected chi connectivity index (χ0v) is 21.5. The molecule has 2 aromatic rings. The van der Waals surface area contributed by atoms with Gasteiger partial charge in [-0.15, -0.1) is 0 Å². The number of carbonyl (C=O) groups excluding carboxylic acids is 3. The second-order valence-electron chi connectivity index (χ2n) is 9.65. The molecule has 0 bridgehead atoms. The smallest absolute Gasteiger partial charge is 0.256 e. The van der Waals surface area contributed by atoms with Crippen LogP contribution in [0.2, 0.25) is 0 Å². The largest absolute Gasteiger partial charge is 0.497 e. The summed E-state index contributed by atoms with van der Waals surface area (Å²) in [6.45, 7) is 6.88. The quantitative estimate of drug-likeness (QED) is 0.667. The van der Waals surface area contributed by atoms with E-state index >= 15 is 0 Å². The molecule has 0 aromatic heterocycles. The first-order valence-electron chi connectivity index (χ1n) is 12.6. The first kappa shape index (κ1) is 25.7. The fraction of sp³-hybridized carbons (Fsp3) is 0.464. The van der Waals surface area contributed by atoms with Gasteiger partial charge < -0.3 is 19.7 Å². The van der Waals surface area contributed by atoms with Gasteiger partial charge in [0.25, 0.3) is 11.8 Å². The number of amides is 3. The first-order chi connectivity index (χ1) is 17.3. The van der Waals surface area contributed by atoms with E-state index in [-0.39, 0.29) is 30.4 Å². The van der Waals surface area contributed by atoms with Gasteiger partial charge in [0.05, 0.1) is 13.7 Å². The molecule has 1 spiro atoms. The number of carbonyl (C=O) groups is 3. The third kappa shape index (κ3) is 5.09. The Balaban J connectivity index is 1.55. The summed E-state index contributed by atoms with van der Waals surface area (Å²) >= 11 is 0. The van der Waals surface area contributed by atoms with Crippen molar-refractivity contribution in [2.75, 3.05) is 26.8 Å². The van der Waals surface area contributed by atoms with Crippen molar-refractivity contribution in [1.29, 1.82) is 0 Å². The maximum atomic E-state index is 13.8. The van der Waals surface area contributed by atoms with E-state index in [4.69, 9.17) is 9.47 Å². The average Bonchev–Trinajstić information content (AvgIpc) is 3.27. The maximum absolute atomic E-state index is 13.8. The summed E-state index contributed by atoms with van der Waals surface area (Å²) in [4.78, 5) is 43.5. The maximum Gasteiger partial charge on any atom is 0.256 e. The lowest BCUT2D eigenvalue weighted by Gasteiger charge is -2.44. The number of rotatable bonds is 6. The predicted octanol–water partition coefficient (Wildman–Crippen LogP) is 3.39. The Bertz CT molecular complexity index is 1090. The summed E-state index contributed by atoms with van der Waals surface area (Å²) in [5, 5.41) is 3.01. The van der Waals surface area contributed by atoms with Gasteiger partial charge in [0.15, 0.2) is 0 Å². The molecule has 2 saturated heterocycles. The minimum Gasteiger partial charge on any atom is -0.497 e. The fourth-order valence-electron chi connectivity index (χ4n) is 4.82. The van der Waals surface area contributed by atoms with E-state index in [0.717, 1.165) is 12.0 Å². The van der Waals surface area contributed by atoms with E-state index in [1.54, 1.807) is 53.3 Å². The van der Waals surface area contributed by atoms with Crippen LogP contribution in [-0.4, -0.2) is 72.1 Å². The van der Waals surface area contributed by atoms with E-state index in [1.807, 2.05) is 32.9 Å². The minimum absolute atomic E-state index is 0.00524. The number of nitrogens with zero attached hydrogens (tertiary/aromatic N) is 2. The van der Waals surface area contributed by atoms with Crippen molar-refractivity contribution < 1.29 is 23.9 Å². The minimum atomic E-state index is -0.934. The molecule has 2 aliphatic rings. The predicted molar refractivity (Wildman–Crippen MR) is 136 cm³/mol. The second kappa shape index (κ2) is 10.7. The fourth-order valence-corrected chi connectivity index (χ4v) is 4.82. The third-order valence-electron chi connectivity index (χ3n) is 7.25. The lowest BCUT2D eigenvalue weighted by atomic mass is 9.96. The zero-order valence-electron chi connectivity index (χ0n) is 21.5. The van der Waals surface area contributed by atoms with Crippen molar-refractivity contribution >= 4 is 17.7 Å². The van der Waals surface area contributed by atoms with Gasteiger partial charge in [-0.2, -0.15) is 0 Å². The molecule has 0 aliphatic carbocycles. The molecule has 2 heterocycles. The Morgan fingerprint density at radius 1 is 1.03 bits per heavy atom. The monoisotopic (exact) mass is 493 g/mol. The van der Waals surface area contributed by atoms with Gasteiger partial charge in [-0.1, -0.05) is 24.6 Å². The molecule has 8 heteroatoms. The van der Waals surface area contributed by atoms with E-state index < -0.39 is 11.8 Å². The summed E-state index contributed by atoms with van der Waals surface area (Å²) in [5.41, 5.74) is 1.22. The topological polar surface area (TPSA) is 88.2 Å². The Kier molecular flexibility index (Phi) is 7.64. The number of hydrogen-bond acceptors (Lipinski definition) is 5. The Morgan fingerprint density at radius 3 is 2.19 bits per heavy atom. The molecule has 0 radical (unpaired) electrons. The number of ether oxygens (including phenoxy) is 2. The molecule has 0 unspecified atom stereocenters. The van der Waals surface area contributed by atoms with Crippen LogP contribution in [-0.2, 0) is 9.53 Å². The van der Waals surface area contributed by atoms with Crippen LogP contribution >= 0.6 is 0 Å². The molecule has 0 saturated carbocycles. The third-order valence-corrected chi connectivity index (χ3v) is 7.25. The highest BCUT2D eigenvalue weighted by Gasteiger charge is 2.54. The van der Waals surface area contributed by atoms with Crippen LogP contribution in [0.25, 0.3) is 0 Å². The van der Waals surface area contributed by atoms with E-state index in [2.05, 4.69) is 5.32 Å². The van der Waals surface area contributed by atoms with Crippen molar-refractivity contribution in [2.24, 2.45) is 0 Å². The number of likely N-dealkylation sites (tertiary alicyclic amines) is 1. The molecule has 4 rings (SSSR count). The molecular weight excluding hydrogens is 458 g/mol. The van der Waals surface area contributed by atoms with Crippen LogP contribution in [0.5, 0.6) is 5.75 Å². The van der Waals surface area contributed by atoms with Crippen molar-refractivity contribution in [3.05, 3.63) is 65.2 Å². The summed E-state index contributed by atoms with van der Waals surface area (Å²) in [5.74, 6) is 0.175. The standard InChI is InChI=1S/C28H35N3O5/c1-5-20(3)29-25(32)24-18-36-28(31(24)27(34)22-8-6-19(2)7-9-22)14-16-30(17-15-28)26(33)21-10-12-23(35-4)13-11-21/h6-13,20,24H,5,14-18H2,1-4H3,(H,29,32)/t20-,24+/m0/s1. The van der Waals surface area contributed by atoms with Gasteiger partial charge in [-0.3, -0.25) is 19.3 Å². The highest BCUT2D eigenvalue weighted by molar-refractivity contribution is 5.98. The Labute approximate surface area is 212 Å². The van der Waals surface area contributed by atoms with E-state index in [1.165, 1.54) is 0 Å². The van der Waals surface area contributed by atoms with Gasteiger partial charge >= 0.3 is 0 Å². The van der Waals surface area contributed by atoms with E-state index in [9.17, 15) is 14.4 Å². The lowest BCUT2D eigenvalue weighted by molar-refractivity contribution is -0.128. The van der Waals surface area contributed by atoms with Gasteiger partial charge in [-0.05, 0) is 56.7 Å². The van der Waals surface area contributed by atoms with Gasteiger partial charge in [-0.25, -0.2) is 0 Å². The molecule has 1 N–H and O–H groups in total. The highest BCUT2D eigenvalue weighted by atomic mass is 16.5. The van der Waals surface area contributed by atoms with Crippen molar-refractivity contribution in [3.63, 3.8) is 0 Å². The number of nitrogens with one attached hydrogen (secondary N) is 1. The van der Waals surface area contributed by atoms with E-state index in [0.29, 0.717) is 42.8 Å². The summed E-state index contributed by atoms with van der Waals surface area (Å²) in [7, 11) is 1.59. The molecule has 8 nitrogen and oxygen atoms in total. The zero-order chi connectivity index (χ0) is 25.9. The van der Waals surface area contributed by atoms with Gasteiger partial charge in [0.1, 0.15) is 17.5 Å². The van der Waals surface area contributed by atoms with Crippen molar-refractivity contribution in [1.82, 2.24) is 15.1 Å². The molecule has 2 atom stereocenters. The van der Waals surface area contributed by atoms with Crippen LogP contribution < -0.4 is 10.1 Å². The van der Waals surface area contributed by atoms with Gasteiger partial charge in [0.2, 0.25) is 5.91 Å². The van der Waals surface area contributed by atoms with Crippen LogP contribution in [0.1, 0.15) is 59.4 Å². The first-order valence-corrected chi connectivity index (χ1v) is 12.6. The summed E-state index contributed by atoms with van der Waals surface area (Å²) in [6.07, 6.45) is 1.65. The number of piperidine rings is 1. The molecular formula is C28H35N3O5. The summed E-state index contributed by atoms with van der Waals surface area (Å²) < 4.78 is 11.4. The van der Waals surface area contributed by atoms with Crippen LogP contribution in [0, 0.1) is 6.92 Å². The molecule has 2 aliphatic heterocycles. The summed E-state index contributed by atoms with van der Waals surface area (Å²) in [6, 6.07) is 13.7. The highest BCUT2D eigenvalue weighted by Crippen LogP contribution is 2.39. The molecule has 2 aromatic carbocycles. The number of aryl methyl sites for hydroxylation is 1. The van der Waals surface area contributed by atoms with Crippen LogP contribution in [0.15, 0.2) is 48.5 Å². The average molecular weight is 494 g/mol. The lowest BCUT2D eigenvalue weighted by Crippen LogP contribution is -2.60. The SMILES string of the molecule is CC[C@H](C)NC(=O)[C@H]1COC2(CCN(C(=O)c3ccc(OC)cc3)CC2)N1C(=O)c1ccc(C)cc1. The molecule has 192 valence electrons. The Morgan fingerprint density at radius 2 is 1.61 bits per heavy atom. The Hall–Kier alpha value is -3.39. The molecule has 2 fully saturated rings.